The van der Waals surface area contributed by atoms with Crippen LogP contribution in [-0.2, 0) is 4.74 Å². The Morgan fingerprint density at radius 3 is 3.10 bits per heavy atom. The number of nitrogens with zero attached hydrogens (tertiary/aromatic N) is 3. The van der Waals surface area contributed by atoms with Crippen molar-refractivity contribution in [3.05, 3.63) is 22.9 Å². The van der Waals surface area contributed by atoms with E-state index in [2.05, 4.69) is 31.3 Å². The van der Waals surface area contributed by atoms with Gasteiger partial charge in [0.1, 0.15) is 5.82 Å². The summed E-state index contributed by atoms with van der Waals surface area (Å²) in [6, 6.07) is 1.93. The summed E-state index contributed by atoms with van der Waals surface area (Å²) in [5, 5.41) is 7.50. The molecule has 5 nitrogen and oxygen atoms in total. The highest BCUT2D eigenvalue weighted by Gasteiger charge is 2.14. The first kappa shape index (κ1) is 13.8. The van der Waals surface area contributed by atoms with Gasteiger partial charge < -0.3 is 10.1 Å². The van der Waals surface area contributed by atoms with Crippen molar-refractivity contribution in [1.29, 1.82) is 0 Å². The number of nitrogens with one attached hydrogen (secondary N) is 1. The van der Waals surface area contributed by atoms with Gasteiger partial charge in [-0.05, 0) is 41.3 Å². The first-order chi connectivity index (χ1) is 9.83. The first-order valence-electron chi connectivity index (χ1n) is 7.18. The predicted octanol–water partition coefficient (Wildman–Crippen LogP) is 3.25. The van der Waals surface area contributed by atoms with Crippen molar-refractivity contribution in [2.24, 2.45) is 0 Å². The fourth-order valence-corrected chi connectivity index (χ4v) is 2.90. The van der Waals surface area contributed by atoms with Crippen molar-refractivity contribution in [1.82, 2.24) is 14.6 Å². The third-order valence-electron chi connectivity index (χ3n) is 3.61. The molecule has 3 rings (SSSR count). The molecular weight excluding hydrogens is 320 g/mol. The molecule has 6 heteroatoms. The molecule has 2 aromatic rings. The van der Waals surface area contributed by atoms with E-state index in [1.165, 1.54) is 25.7 Å². The number of ether oxygens (including phenoxy) is 1. The summed E-state index contributed by atoms with van der Waals surface area (Å²) in [5.41, 5.74) is 0.831. The van der Waals surface area contributed by atoms with Crippen LogP contribution in [0.2, 0.25) is 0 Å². The third-order valence-corrected chi connectivity index (χ3v) is 4.17. The quantitative estimate of drug-likeness (QED) is 0.821. The van der Waals surface area contributed by atoms with Crippen LogP contribution in [0.1, 0.15) is 32.1 Å². The molecule has 1 fully saturated rings. The summed E-state index contributed by atoms with van der Waals surface area (Å²) in [7, 11) is 0. The van der Waals surface area contributed by atoms with E-state index in [0.717, 1.165) is 35.5 Å². The summed E-state index contributed by atoms with van der Waals surface area (Å²) < 4.78 is 8.49. The van der Waals surface area contributed by atoms with Crippen LogP contribution < -0.4 is 5.32 Å². The van der Waals surface area contributed by atoms with E-state index in [1.807, 2.05) is 12.3 Å². The number of anilines is 1. The fourth-order valence-electron chi connectivity index (χ4n) is 2.53. The number of fused-ring (bicyclic) bond motifs is 1. The SMILES string of the molecule is Brc1cnn2ccc(NCCCOC3CCCC3)nc12. The highest BCUT2D eigenvalue weighted by molar-refractivity contribution is 9.10. The van der Waals surface area contributed by atoms with E-state index in [9.17, 15) is 0 Å². The number of aromatic nitrogens is 3. The Morgan fingerprint density at radius 1 is 1.40 bits per heavy atom. The van der Waals surface area contributed by atoms with Gasteiger partial charge in [-0.3, -0.25) is 0 Å². The second-order valence-corrected chi connectivity index (χ2v) is 5.99. The van der Waals surface area contributed by atoms with E-state index in [-0.39, 0.29) is 0 Å². The number of rotatable bonds is 6. The standard InChI is InChI=1S/C14H19BrN4O/c15-12-10-17-19-8-6-13(18-14(12)19)16-7-3-9-20-11-4-1-2-5-11/h6,8,10-11H,1-5,7,9H2,(H,16,18). The molecule has 1 aliphatic carbocycles. The van der Waals surface area contributed by atoms with Crippen molar-refractivity contribution in [2.75, 3.05) is 18.5 Å². The van der Waals surface area contributed by atoms with Gasteiger partial charge in [0.05, 0.1) is 16.8 Å². The van der Waals surface area contributed by atoms with Crippen LogP contribution in [0.15, 0.2) is 22.9 Å². The second kappa shape index (κ2) is 6.54. The van der Waals surface area contributed by atoms with Crippen LogP contribution in [-0.4, -0.2) is 33.9 Å². The molecular formula is C14H19BrN4O. The Kier molecular flexibility index (Phi) is 4.52. The third kappa shape index (κ3) is 3.30. The average Bonchev–Trinajstić information content (AvgIpc) is 3.09. The van der Waals surface area contributed by atoms with Gasteiger partial charge in [-0.2, -0.15) is 5.10 Å². The summed E-state index contributed by atoms with van der Waals surface area (Å²) >= 11 is 3.44. The van der Waals surface area contributed by atoms with Crippen molar-refractivity contribution >= 4 is 27.4 Å². The summed E-state index contributed by atoms with van der Waals surface area (Å²) in [4.78, 5) is 4.51. The van der Waals surface area contributed by atoms with Crippen molar-refractivity contribution in [3.8, 4) is 0 Å². The van der Waals surface area contributed by atoms with Crippen LogP contribution >= 0.6 is 15.9 Å². The molecule has 0 atom stereocenters. The zero-order valence-electron chi connectivity index (χ0n) is 11.4. The molecule has 0 aromatic carbocycles. The van der Waals surface area contributed by atoms with E-state index in [4.69, 9.17) is 4.74 Å². The Bertz CT molecular complexity index is 565. The Balaban J connectivity index is 1.43. The van der Waals surface area contributed by atoms with Crippen LogP contribution in [0, 0.1) is 0 Å². The summed E-state index contributed by atoms with van der Waals surface area (Å²) in [6.45, 7) is 1.71. The molecule has 0 spiro atoms. The topological polar surface area (TPSA) is 51.5 Å². The maximum absolute atomic E-state index is 5.84. The molecule has 2 aromatic heterocycles. The minimum Gasteiger partial charge on any atom is -0.378 e. The maximum atomic E-state index is 5.84. The van der Waals surface area contributed by atoms with Gasteiger partial charge in [-0.25, -0.2) is 9.50 Å². The lowest BCUT2D eigenvalue weighted by molar-refractivity contribution is 0.0583. The molecule has 2 heterocycles. The van der Waals surface area contributed by atoms with Crippen LogP contribution in [0.3, 0.4) is 0 Å². The Hall–Kier alpha value is -1.14. The zero-order valence-corrected chi connectivity index (χ0v) is 13.0. The smallest absolute Gasteiger partial charge is 0.171 e. The highest BCUT2D eigenvalue weighted by atomic mass is 79.9. The van der Waals surface area contributed by atoms with E-state index >= 15 is 0 Å². The number of hydrogen-bond donors (Lipinski definition) is 1. The lowest BCUT2D eigenvalue weighted by Gasteiger charge is -2.11. The van der Waals surface area contributed by atoms with Gasteiger partial charge >= 0.3 is 0 Å². The minimum absolute atomic E-state index is 0.507. The van der Waals surface area contributed by atoms with Crippen LogP contribution in [0.5, 0.6) is 0 Å². The number of hydrogen-bond acceptors (Lipinski definition) is 4. The van der Waals surface area contributed by atoms with Gasteiger partial charge in [-0.1, -0.05) is 12.8 Å². The zero-order chi connectivity index (χ0) is 13.8. The molecule has 0 bridgehead atoms. The molecule has 0 amide bonds. The summed E-state index contributed by atoms with van der Waals surface area (Å²) in [6.07, 6.45) is 10.3. The van der Waals surface area contributed by atoms with E-state index in [0.29, 0.717) is 6.10 Å². The molecule has 0 aliphatic heterocycles. The fraction of sp³-hybridized carbons (Fsp3) is 0.571. The highest BCUT2D eigenvalue weighted by Crippen LogP contribution is 2.21. The molecule has 1 saturated carbocycles. The molecule has 108 valence electrons. The van der Waals surface area contributed by atoms with Gasteiger partial charge in [0.2, 0.25) is 0 Å². The normalized spacial score (nSPS) is 16.1. The molecule has 1 N–H and O–H groups in total. The lowest BCUT2D eigenvalue weighted by atomic mass is 10.3. The van der Waals surface area contributed by atoms with E-state index < -0.39 is 0 Å². The largest absolute Gasteiger partial charge is 0.378 e. The first-order valence-corrected chi connectivity index (χ1v) is 7.97. The van der Waals surface area contributed by atoms with E-state index in [1.54, 1.807) is 10.7 Å². The number of halogens is 1. The predicted molar refractivity (Wildman–Crippen MR) is 82.0 cm³/mol. The van der Waals surface area contributed by atoms with Crippen molar-refractivity contribution in [2.45, 2.75) is 38.2 Å². The van der Waals surface area contributed by atoms with Gasteiger partial charge in [0.25, 0.3) is 0 Å². The second-order valence-electron chi connectivity index (χ2n) is 5.13. The van der Waals surface area contributed by atoms with Crippen molar-refractivity contribution in [3.63, 3.8) is 0 Å². The average molecular weight is 339 g/mol. The minimum atomic E-state index is 0.507. The molecule has 20 heavy (non-hydrogen) atoms. The molecule has 1 aliphatic rings. The molecule has 0 unspecified atom stereocenters. The Labute approximate surface area is 126 Å². The van der Waals surface area contributed by atoms with Crippen LogP contribution in [0.25, 0.3) is 5.65 Å². The van der Waals surface area contributed by atoms with Gasteiger partial charge in [-0.15, -0.1) is 0 Å². The molecule has 0 saturated heterocycles. The monoisotopic (exact) mass is 338 g/mol. The van der Waals surface area contributed by atoms with Gasteiger partial charge in [0.15, 0.2) is 5.65 Å². The maximum Gasteiger partial charge on any atom is 0.171 e. The summed E-state index contributed by atoms with van der Waals surface area (Å²) in [5.74, 6) is 0.875. The lowest BCUT2D eigenvalue weighted by Crippen LogP contribution is -2.12. The Morgan fingerprint density at radius 2 is 2.25 bits per heavy atom. The van der Waals surface area contributed by atoms with Crippen LogP contribution in [0.4, 0.5) is 5.82 Å². The van der Waals surface area contributed by atoms with Gasteiger partial charge in [0, 0.05) is 19.3 Å². The molecule has 0 radical (unpaired) electrons. The van der Waals surface area contributed by atoms with Crippen molar-refractivity contribution < 1.29 is 4.74 Å².